The number of ether oxygens (including phenoxy) is 8. The monoisotopic (exact) mass is 603 g/mol. The van der Waals surface area contributed by atoms with Gasteiger partial charge in [-0.05, 0) is 6.42 Å². The van der Waals surface area contributed by atoms with Gasteiger partial charge in [-0.15, -0.1) is 0 Å². The van der Waals surface area contributed by atoms with Gasteiger partial charge in [0.15, 0.2) is 30.7 Å². The highest BCUT2D eigenvalue weighted by Crippen LogP contribution is 2.40. The summed E-state index contributed by atoms with van der Waals surface area (Å²) in [5.41, 5.74) is 0. The highest BCUT2D eigenvalue weighted by molar-refractivity contribution is 5.69. The first-order valence-corrected chi connectivity index (χ1v) is 13.3. The maximum atomic E-state index is 12.2. The Hall–Kier alpha value is -3.34. The molecule has 3 aliphatic rings. The van der Waals surface area contributed by atoms with Crippen molar-refractivity contribution in [1.82, 2.24) is 5.06 Å². The van der Waals surface area contributed by atoms with Crippen LogP contribution in [0.5, 0.6) is 0 Å². The maximum Gasteiger partial charge on any atom is 0.303 e. The molecular formula is C26H37NO15. The molecule has 0 spiro atoms. The van der Waals surface area contributed by atoms with Gasteiger partial charge in [0.1, 0.15) is 24.4 Å². The zero-order chi connectivity index (χ0) is 31.3. The van der Waals surface area contributed by atoms with Crippen molar-refractivity contribution in [3.05, 3.63) is 0 Å². The smallest absolute Gasteiger partial charge is 0.303 e. The van der Waals surface area contributed by atoms with E-state index in [0.717, 1.165) is 20.8 Å². The van der Waals surface area contributed by atoms with E-state index in [1.165, 1.54) is 32.9 Å². The van der Waals surface area contributed by atoms with Crippen LogP contribution in [0.25, 0.3) is 0 Å². The second-order valence-electron chi connectivity index (χ2n) is 10.2. The largest absolute Gasteiger partial charge is 0.465 e. The third-order valence-corrected chi connectivity index (χ3v) is 6.84. The highest BCUT2D eigenvalue weighted by Gasteiger charge is 2.60. The first-order valence-electron chi connectivity index (χ1n) is 13.3. The number of fused-ring (bicyclic) bond motifs is 2. The molecule has 10 atom stereocenters. The van der Waals surface area contributed by atoms with E-state index in [-0.39, 0.29) is 19.6 Å². The van der Waals surface area contributed by atoms with E-state index in [0.29, 0.717) is 0 Å². The summed E-state index contributed by atoms with van der Waals surface area (Å²) < 4.78 is 44.1. The van der Waals surface area contributed by atoms with Crippen LogP contribution in [0.3, 0.4) is 0 Å². The minimum atomic E-state index is -1.35. The standard InChI is InChI=1S/C26H37NO15/c1-11(28)35-10-17-8-18(23(38-14(4)31)25(40-16(6)33)21(17)36-12(2)29)42-27-9-19-22(37-13(3)30)20(27)24(39-15(5)32)26(34-7)41-19/h17-26H,8-10H2,1-7H3/t17-,18+,19-,20+,21-,22-,23-,24+,25+,26+/m1/s1. The Morgan fingerprint density at radius 1 is 0.667 bits per heavy atom. The maximum absolute atomic E-state index is 12.2. The van der Waals surface area contributed by atoms with Crippen molar-refractivity contribution in [1.29, 1.82) is 0 Å². The summed E-state index contributed by atoms with van der Waals surface area (Å²) in [6, 6.07) is -0.926. The Kier molecular flexibility index (Phi) is 11.2. The molecule has 42 heavy (non-hydrogen) atoms. The first-order chi connectivity index (χ1) is 19.7. The SMILES string of the molecule is CO[C@H]1O[C@@H]2CN(O[C@H]3C[C@H](COC(C)=O)[C@@H](OC(C)=O)[C@H](OC(C)=O)[C@@H]3OC(C)=O)[C@H]([C@@H]1OC(C)=O)[C@@H]2OC(C)=O. The van der Waals surface area contributed by atoms with Gasteiger partial charge in [-0.25, -0.2) is 0 Å². The number of nitrogens with zero attached hydrogens (tertiary/aromatic N) is 1. The van der Waals surface area contributed by atoms with Crippen molar-refractivity contribution in [3.63, 3.8) is 0 Å². The van der Waals surface area contributed by atoms with Gasteiger partial charge in [0.2, 0.25) is 0 Å². The van der Waals surface area contributed by atoms with Crippen LogP contribution in [0.15, 0.2) is 0 Å². The van der Waals surface area contributed by atoms with Gasteiger partial charge in [0.05, 0.1) is 13.2 Å². The van der Waals surface area contributed by atoms with Crippen LogP contribution in [0, 0.1) is 5.92 Å². The second-order valence-corrected chi connectivity index (χ2v) is 10.2. The quantitative estimate of drug-likeness (QED) is 0.231. The van der Waals surface area contributed by atoms with Gasteiger partial charge in [0, 0.05) is 54.6 Å². The predicted octanol–water partition coefficient (Wildman–Crippen LogP) is -0.416. The molecule has 2 bridgehead atoms. The van der Waals surface area contributed by atoms with Gasteiger partial charge in [-0.2, -0.15) is 5.06 Å². The molecule has 0 aromatic heterocycles. The number of carbonyl (C=O) groups excluding carboxylic acids is 6. The fourth-order valence-corrected chi connectivity index (χ4v) is 5.54. The lowest BCUT2D eigenvalue weighted by molar-refractivity contribution is -0.299. The number of methoxy groups -OCH3 is 1. The fraction of sp³-hybridized carbons (Fsp3) is 0.769. The fourth-order valence-electron chi connectivity index (χ4n) is 5.54. The van der Waals surface area contributed by atoms with Crippen LogP contribution in [0.2, 0.25) is 0 Å². The van der Waals surface area contributed by atoms with E-state index in [9.17, 15) is 28.8 Å². The number of hydrogen-bond donors (Lipinski definition) is 0. The van der Waals surface area contributed by atoms with Gasteiger partial charge in [0.25, 0.3) is 0 Å². The molecule has 0 aromatic rings. The van der Waals surface area contributed by atoms with Gasteiger partial charge < -0.3 is 37.9 Å². The zero-order valence-electron chi connectivity index (χ0n) is 24.5. The number of hydroxylamine groups is 2. The van der Waals surface area contributed by atoms with Crippen LogP contribution in [0.1, 0.15) is 48.0 Å². The molecule has 0 radical (unpaired) electrons. The lowest BCUT2D eigenvalue weighted by atomic mass is 9.80. The van der Waals surface area contributed by atoms with Crippen molar-refractivity contribution in [2.24, 2.45) is 5.92 Å². The molecular weight excluding hydrogens is 566 g/mol. The summed E-state index contributed by atoms with van der Waals surface area (Å²) in [7, 11) is 1.36. The summed E-state index contributed by atoms with van der Waals surface area (Å²) in [6.45, 7) is 6.78. The number of esters is 6. The molecule has 16 heteroatoms. The lowest BCUT2D eigenvalue weighted by Crippen LogP contribution is -2.62. The van der Waals surface area contributed by atoms with Crippen molar-refractivity contribution >= 4 is 35.8 Å². The average Bonchev–Trinajstić information content (AvgIpc) is 3.09. The number of rotatable bonds is 10. The van der Waals surface area contributed by atoms with E-state index < -0.39 is 96.8 Å². The molecule has 0 unspecified atom stereocenters. The highest BCUT2D eigenvalue weighted by atomic mass is 16.7. The van der Waals surface area contributed by atoms with Gasteiger partial charge >= 0.3 is 35.8 Å². The summed E-state index contributed by atoms with van der Waals surface area (Å²) in [4.78, 5) is 78.3. The van der Waals surface area contributed by atoms with E-state index in [2.05, 4.69) is 0 Å². The lowest BCUT2D eigenvalue weighted by Gasteiger charge is -2.46. The molecule has 236 valence electrons. The Morgan fingerprint density at radius 2 is 1.17 bits per heavy atom. The second kappa shape index (κ2) is 14.2. The number of hydrogen-bond acceptors (Lipinski definition) is 16. The molecule has 0 N–H and O–H groups in total. The first kappa shape index (κ1) is 33.2. The Labute approximate surface area is 242 Å². The van der Waals surface area contributed by atoms with E-state index in [4.69, 9.17) is 42.7 Å². The van der Waals surface area contributed by atoms with Gasteiger partial charge in [-0.3, -0.25) is 33.6 Å². The molecule has 2 saturated heterocycles. The molecule has 0 aromatic carbocycles. The summed E-state index contributed by atoms with van der Waals surface area (Å²) >= 11 is 0. The summed E-state index contributed by atoms with van der Waals surface area (Å²) in [5.74, 6) is -4.87. The average molecular weight is 604 g/mol. The normalized spacial score (nSPS) is 34.1. The number of carbonyl (C=O) groups is 6. The zero-order valence-corrected chi connectivity index (χ0v) is 24.5. The molecule has 2 heterocycles. The minimum absolute atomic E-state index is 0.00372. The van der Waals surface area contributed by atoms with Crippen molar-refractivity contribution < 1.29 is 71.5 Å². The van der Waals surface area contributed by atoms with Crippen molar-refractivity contribution in [2.75, 3.05) is 20.3 Å². The van der Waals surface area contributed by atoms with E-state index in [1.54, 1.807) is 0 Å². The molecule has 1 aliphatic carbocycles. The Morgan fingerprint density at radius 3 is 1.69 bits per heavy atom. The van der Waals surface area contributed by atoms with E-state index in [1.807, 2.05) is 0 Å². The minimum Gasteiger partial charge on any atom is -0.465 e. The summed E-state index contributed by atoms with van der Waals surface area (Å²) in [5, 5.41) is 1.38. The van der Waals surface area contributed by atoms with E-state index >= 15 is 0 Å². The third kappa shape index (κ3) is 8.14. The topological polar surface area (TPSA) is 189 Å². The predicted molar refractivity (Wildman–Crippen MR) is 134 cm³/mol. The van der Waals surface area contributed by atoms with Crippen LogP contribution in [-0.2, 0) is 71.5 Å². The van der Waals surface area contributed by atoms with Crippen molar-refractivity contribution in [3.8, 4) is 0 Å². The Balaban J connectivity index is 2.03. The van der Waals surface area contributed by atoms with Crippen LogP contribution < -0.4 is 0 Å². The third-order valence-electron chi connectivity index (χ3n) is 6.84. The van der Waals surface area contributed by atoms with Crippen LogP contribution in [0.4, 0.5) is 0 Å². The molecule has 3 rings (SSSR count). The molecule has 16 nitrogen and oxygen atoms in total. The Bertz CT molecular complexity index is 1050. The van der Waals surface area contributed by atoms with Crippen LogP contribution >= 0.6 is 0 Å². The van der Waals surface area contributed by atoms with Gasteiger partial charge in [-0.1, -0.05) is 0 Å². The van der Waals surface area contributed by atoms with Crippen LogP contribution in [-0.4, -0.2) is 116 Å². The van der Waals surface area contributed by atoms with Crippen molar-refractivity contribution in [2.45, 2.75) is 103 Å². The molecule has 1 saturated carbocycles. The molecule has 3 fully saturated rings. The molecule has 2 aliphatic heterocycles. The molecule has 0 amide bonds. The summed E-state index contributed by atoms with van der Waals surface area (Å²) in [6.07, 6.45) is -8.76.